The zero-order valence-corrected chi connectivity index (χ0v) is 12.1. The van der Waals surface area contributed by atoms with Gasteiger partial charge in [-0.1, -0.05) is 12.1 Å². The highest BCUT2D eigenvalue weighted by atomic mass is 32.1. The number of hydrogen-bond donors (Lipinski definition) is 2. The number of hydrogen-bond acceptors (Lipinski definition) is 5. The normalized spacial score (nSPS) is 11.6. The number of aromatic amines is 1. The van der Waals surface area contributed by atoms with Gasteiger partial charge in [0.2, 0.25) is 4.67 Å². The van der Waals surface area contributed by atoms with Crippen molar-refractivity contribution in [1.29, 1.82) is 0 Å². The fraction of sp³-hybridized carbons (Fsp3) is 0.0667. The van der Waals surface area contributed by atoms with Gasteiger partial charge in [0.25, 0.3) is 5.56 Å². The van der Waals surface area contributed by atoms with Crippen LogP contribution in [-0.4, -0.2) is 12.1 Å². The number of aromatic nitrogens is 1. The number of methoxy groups -OCH3 is 1. The maximum absolute atomic E-state index is 12.0. The van der Waals surface area contributed by atoms with Crippen molar-refractivity contribution < 1.29 is 4.74 Å². The van der Waals surface area contributed by atoms with E-state index in [1.165, 1.54) is 11.3 Å². The van der Waals surface area contributed by atoms with Crippen molar-refractivity contribution in [1.82, 2.24) is 4.98 Å². The average molecular weight is 299 g/mol. The van der Waals surface area contributed by atoms with Crippen molar-refractivity contribution >= 4 is 27.2 Å². The van der Waals surface area contributed by atoms with Crippen LogP contribution in [0.5, 0.6) is 5.75 Å². The van der Waals surface area contributed by atoms with Crippen molar-refractivity contribution in [2.75, 3.05) is 12.5 Å². The third-order valence-electron chi connectivity index (χ3n) is 2.91. The topological polar surface area (TPSA) is 66.5 Å². The molecule has 5 nitrogen and oxygen atoms in total. The second-order valence-corrected chi connectivity index (χ2v) is 5.34. The zero-order chi connectivity index (χ0) is 14.7. The second kappa shape index (κ2) is 5.80. The molecule has 2 N–H and O–H groups in total. The Morgan fingerprint density at radius 2 is 1.90 bits per heavy atom. The Morgan fingerprint density at radius 1 is 1.14 bits per heavy atom. The Labute approximate surface area is 124 Å². The van der Waals surface area contributed by atoms with Gasteiger partial charge in [-0.25, -0.2) is 0 Å². The molecule has 0 radical (unpaired) electrons. The summed E-state index contributed by atoms with van der Waals surface area (Å²) >= 11 is 1.34. The van der Waals surface area contributed by atoms with Gasteiger partial charge in [-0.15, -0.1) is 11.3 Å². The molecule has 0 aliphatic heterocycles. The molecule has 6 heteroatoms. The number of nitrogens with zero attached hydrogens (tertiary/aromatic N) is 1. The van der Waals surface area contributed by atoms with Gasteiger partial charge in [0.1, 0.15) is 5.75 Å². The molecule has 1 aromatic heterocycles. The number of ether oxygens (including phenoxy) is 1. The number of H-pyrrole nitrogens is 1. The molecule has 0 aliphatic carbocycles. The van der Waals surface area contributed by atoms with Crippen LogP contribution in [0, 0.1) is 0 Å². The standard InChI is InChI=1S/C15H13N3O2S/c1-20-11-8-6-10(7-9-11)17-18-15-14(19)16-12-4-2-3-5-13(12)21-15/h2-9,17H,1H3,(H,16,19)/b18-15-. The third kappa shape index (κ3) is 2.95. The minimum Gasteiger partial charge on any atom is -0.497 e. The fourth-order valence-electron chi connectivity index (χ4n) is 1.84. The van der Waals surface area contributed by atoms with Crippen LogP contribution in [0.4, 0.5) is 5.69 Å². The second-order valence-electron chi connectivity index (χ2n) is 4.31. The SMILES string of the molecule is COc1ccc(N/N=c2\sc3ccccc3[nH]c2=O)cc1. The molecule has 21 heavy (non-hydrogen) atoms. The van der Waals surface area contributed by atoms with Crippen LogP contribution >= 0.6 is 11.3 Å². The summed E-state index contributed by atoms with van der Waals surface area (Å²) in [5, 5.41) is 4.17. The Balaban J connectivity index is 1.95. The first-order valence-corrected chi connectivity index (χ1v) is 7.14. The summed E-state index contributed by atoms with van der Waals surface area (Å²) in [4.78, 5) is 14.8. The Hall–Kier alpha value is -2.60. The lowest BCUT2D eigenvalue weighted by Crippen LogP contribution is -2.25. The maximum atomic E-state index is 12.0. The molecule has 0 saturated heterocycles. The summed E-state index contributed by atoms with van der Waals surface area (Å²) in [6.07, 6.45) is 0. The lowest BCUT2D eigenvalue weighted by molar-refractivity contribution is 0.415. The molecule has 3 aromatic rings. The molecule has 0 aliphatic rings. The Bertz CT molecular complexity index is 882. The van der Waals surface area contributed by atoms with E-state index in [0.29, 0.717) is 4.67 Å². The molecule has 0 saturated carbocycles. The molecule has 0 unspecified atom stereocenters. The molecule has 0 atom stereocenters. The van der Waals surface area contributed by atoms with Gasteiger partial charge in [-0.2, -0.15) is 5.10 Å². The molecule has 0 fully saturated rings. The number of rotatable bonds is 3. The fourth-order valence-corrected chi connectivity index (χ4v) is 2.66. The van der Waals surface area contributed by atoms with Gasteiger partial charge in [-0.05, 0) is 36.4 Å². The van der Waals surface area contributed by atoms with Gasteiger partial charge in [-0.3, -0.25) is 10.2 Å². The lowest BCUT2D eigenvalue weighted by Gasteiger charge is -2.02. The summed E-state index contributed by atoms with van der Waals surface area (Å²) in [6.45, 7) is 0. The summed E-state index contributed by atoms with van der Waals surface area (Å²) in [5.41, 5.74) is 4.27. The molecular formula is C15H13N3O2S. The van der Waals surface area contributed by atoms with Crippen molar-refractivity contribution in [2.45, 2.75) is 0 Å². The van der Waals surface area contributed by atoms with Crippen molar-refractivity contribution in [3.63, 3.8) is 0 Å². The summed E-state index contributed by atoms with van der Waals surface area (Å²) in [5.74, 6) is 0.770. The number of anilines is 1. The minimum atomic E-state index is -0.209. The van der Waals surface area contributed by atoms with Crippen LogP contribution in [0.15, 0.2) is 58.4 Å². The van der Waals surface area contributed by atoms with Crippen molar-refractivity contribution in [3.05, 3.63) is 63.6 Å². The van der Waals surface area contributed by atoms with E-state index in [0.717, 1.165) is 21.7 Å². The molecule has 0 amide bonds. The Morgan fingerprint density at radius 3 is 2.67 bits per heavy atom. The van der Waals surface area contributed by atoms with Gasteiger partial charge in [0.15, 0.2) is 0 Å². The van der Waals surface area contributed by atoms with E-state index >= 15 is 0 Å². The first-order valence-electron chi connectivity index (χ1n) is 6.32. The summed E-state index contributed by atoms with van der Waals surface area (Å²) in [7, 11) is 1.61. The summed E-state index contributed by atoms with van der Waals surface area (Å²) in [6, 6.07) is 15.0. The van der Waals surface area contributed by atoms with E-state index in [-0.39, 0.29) is 5.56 Å². The minimum absolute atomic E-state index is 0.209. The largest absolute Gasteiger partial charge is 0.497 e. The number of para-hydroxylation sites is 1. The summed E-state index contributed by atoms with van der Waals surface area (Å²) < 4.78 is 6.45. The van der Waals surface area contributed by atoms with E-state index < -0.39 is 0 Å². The van der Waals surface area contributed by atoms with Gasteiger partial charge in [0, 0.05) is 0 Å². The molecule has 2 aromatic carbocycles. The van der Waals surface area contributed by atoms with Crippen LogP contribution in [0.3, 0.4) is 0 Å². The van der Waals surface area contributed by atoms with Crippen LogP contribution in [0.25, 0.3) is 10.2 Å². The van der Waals surface area contributed by atoms with E-state index in [2.05, 4.69) is 15.5 Å². The highest BCUT2D eigenvalue weighted by Crippen LogP contribution is 2.15. The monoisotopic (exact) mass is 299 g/mol. The van der Waals surface area contributed by atoms with E-state index in [1.54, 1.807) is 7.11 Å². The maximum Gasteiger partial charge on any atom is 0.286 e. The lowest BCUT2D eigenvalue weighted by atomic mass is 10.3. The first kappa shape index (κ1) is 13.4. The van der Waals surface area contributed by atoms with Gasteiger partial charge < -0.3 is 9.72 Å². The van der Waals surface area contributed by atoms with E-state index in [9.17, 15) is 4.79 Å². The quantitative estimate of drug-likeness (QED) is 0.730. The molecule has 1 heterocycles. The highest BCUT2D eigenvalue weighted by Gasteiger charge is 1.98. The van der Waals surface area contributed by atoms with Crippen molar-refractivity contribution in [2.24, 2.45) is 5.10 Å². The predicted molar refractivity (Wildman–Crippen MR) is 84.6 cm³/mol. The predicted octanol–water partition coefficient (Wildman–Crippen LogP) is 2.53. The van der Waals surface area contributed by atoms with E-state index in [1.807, 2.05) is 48.5 Å². The third-order valence-corrected chi connectivity index (χ3v) is 3.96. The van der Waals surface area contributed by atoms with Crippen LogP contribution in [0.1, 0.15) is 0 Å². The number of nitrogens with one attached hydrogen (secondary N) is 2. The smallest absolute Gasteiger partial charge is 0.286 e. The van der Waals surface area contributed by atoms with Crippen molar-refractivity contribution in [3.8, 4) is 5.75 Å². The Kier molecular flexibility index (Phi) is 3.70. The van der Waals surface area contributed by atoms with Crippen LogP contribution < -0.4 is 20.4 Å². The van der Waals surface area contributed by atoms with Gasteiger partial charge >= 0.3 is 0 Å². The average Bonchev–Trinajstić information content (AvgIpc) is 2.53. The van der Waals surface area contributed by atoms with Crippen LogP contribution in [-0.2, 0) is 0 Å². The molecule has 3 rings (SSSR count). The first-order chi connectivity index (χ1) is 10.3. The molecule has 0 bridgehead atoms. The molecular weight excluding hydrogens is 286 g/mol. The zero-order valence-electron chi connectivity index (χ0n) is 11.3. The molecule has 0 spiro atoms. The number of fused-ring (bicyclic) bond motifs is 1. The highest BCUT2D eigenvalue weighted by molar-refractivity contribution is 7.16. The van der Waals surface area contributed by atoms with E-state index in [4.69, 9.17) is 4.74 Å². The molecule has 106 valence electrons. The van der Waals surface area contributed by atoms with Gasteiger partial charge in [0.05, 0.1) is 23.0 Å². The van der Waals surface area contributed by atoms with Crippen LogP contribution in [0.2, 0.25) is 0 Å². The number of benzene rings is 2.